The quantitative estimate of drug-likeness (QED) is 0.248. The normalized spacial score (nSPS) is 15.4. The maximum absolute atomic E-state index is 15.4. The van der Waals surface area contributed by atoms with Crippen LogP contribution in [0.2, 0.25) is 0 Å². The van der Waals surface area contributed by atoms with E-state index in [-0.39, 0.29) is 22.9 Å². The fourth-order valence-electron chi connectivity index (χ4n) is 4.51. The lowest BCUT2D eigenvalue weighted by Gasteiger charge is -2.25. The molecule has 0 radical (unpaired) electrons. The molecular weight excluding hydrogens is 501 g/mol. The molecule has 198 valence electrons. The molecule has 0 saturated carbocycles. The Morgan fingerprint density at radius 1 is 1.03 bits per heavy atom. The van der Waals surface area contributed by atoms with E-state index >= 15 is 8.78 Å². The number of rotatable bonds is 10. The molecule has 1 atom stereocenters. The molecule has 3 aromatic rings. The molecule has 6 nitrogen and oxygen atoms in total. The van der Waals surface area contributed by atoms with E-state index in [1.54, 1.807) is 41.7 Å². The van der Waals surface area contributed by atoms with Gasteiger partial charge in [-0.3, -0.25) is 4.31 Å². The maximum Gasteiger partial charge on any atom is 0.214 e. The third-order valence-corrected chi connectivity index (χ3v) is 7.30. The van der Waals surface area contributed by atoms with E-state index in [0.717, 1.165) is 30.5 Å². The number of pyridine rings is 1. The summed E-state index contributed by atoms with van der Waals surface area (Å²) >= 11 is 0.953. The van der Waals surface area contributed by atoms with Crippen LogP contribution in [0.4, 0.5) is 24.7 Å². The lowest BCUT2D eigenvalue weighted by molar-refractivity contribution is 0.340. The predicted molar refractivity (Wildman–Crippen MR) is 141 cm³/mol. The maximum atomic E-state index is 15.4. The molecule has 0 spiro atoms. The van der Waals surface area contributed by atoms with Crippen molar-refractivity contribution >= 4 is 23.5 Å². The molecule has 37 heavy (non-hydrogen) atoms. The van der Waals surface area contributed by atoms with Crippen molar-refractivity contribution in [1.82, 2.24) is 9.88 Å². The minimum absolute atomic E-state index is 0.0730. The first kappa shape index (κ1) is 26.9. The van der Waals surface area contributed by atoms with Crippen LogP contribution in [-0.4, -0.2) is 57.8 Å². The lowest BCUT2D eigenvalue weighted by Crippen LogP contribution is -2.26. The Kier molecular flexibility index (Phi) is 8.71. The number of halogens is 3. The van der Waals surface area contributed by atoms with Gasteiger partial charge in [-0.25, -0.2) is 13.8 Å². The molecule has 1 aliphatic rings. The highest BCUT2D eigenvalue weighted by atomic mass is 32.2. The summed E-state index contributed by atoms with van der Waals surface area (Å²) in [5.41, 5.74) is 0.999. The van der Waals surface area contributed by atoms with E-state index in [1.807, 2.05) is 25.1 Å². The van der Waals surface area contributed by atoms with Crippen molar-refractivity contribution in [3.63, 3.8) is 0 Å². The summed E-state index contributed by atoms with van der Waals surface area (Å²) in [5.74, 6) is -0.676. The highest BCUT2D eigenvalue weighted by Crippen LogP contribution is 2.37. The Morgan fingerprint density at radius 3 is 2.54 bits per heavy atom. The molecule has 2 heterocycles. The number of nitrogens with zero attached hydrogens (tertiary/aromatic N) is 4. The Bertz CT molecular complexity index is 1230. The van der Waals surface area contributed by atoms with Crippen LogP contribution in [-0.2, 0) is 6.54 Å². The molecule has 0 aliphatic carbocycles. The third kappa shape index (κ3) is 6.42. The van der Waals surface area contributed by atoms with Crippen molar-refractivity contribution in [2.75, 3.05) is 57.2 Å². The second kappa shape index (κ2) is 12.0. The number of ether oxygens (including phenoxy) is 2. The van der Waals surface area contributed by atoms with Crippen LogP contribution in [0.25, 0.3) is 0 Å². The zero-order valence-corrected chi connectivity index (χ0v) is 22.2. The van der Waals surface area contributed by atoms with E-state index in [4.69, 9.17) is 9.47 Å². The lowest BCUT2D eigenvalue weighted by atomic mass is 10.1. The Hall–Kier alpha value is -3.11. The van der Waals surface area contributed by atoms with E-state index in [2.05, 4.69) is 9.88 Å². The number of hydrogen-bond acceptors (Lipinski definition) is 7. The van der Waals surface area contributed by atoms with Gasteiger partial charge in [0.15, 0.2) is 11.6 Å². The van der Waals surface area contributed by atoms with Gasteiger partial charge in [-0.05, 0) is 74.8 Å². The smallest absolute Gasteiger partial charge is 0.214 e. The number of benzene rings is 2. The van der Waals surface area contributed by atoms with Crippen LogP contribution < -0.4 is 18.7 Å². The molecule has 0 N–H and O–H groups in total. The van der Waals surface area contributed by atoms with Crippen molar-refractivity contribution < 1.29 is 22.6 Å². The summed E-state index contributed by atoms with van der Waals surface area (Å²) in [6.45, 7) is 2.45. The second-order valence-electron chi connectivity index (χ2n) is 9.20. The summed E-state index contributed by atoms with van der Waals surface area (Å²) in [5, 5.41) is 0. The SMILES string of the molecule is COc1ccc(CN(Sc2ccc(N3CCC(CN(C)C)C3)c(F)c2F)c2cccc(F)n2)c(OC)c1. The summed E-state index contributed by atoms with van der Waals surface area (Å²) in [7, 11) is 7.11. The summed E-state index contributed by atoms with van der Waals surface area (Å²) < 4.78 is 57.0. The Balaban J connectivity index is 1.61. The molecule has 1 unspecified atom stereocenters. The van der Waals surface area contributed by atoms with E-state index < -0.39 is 17.6 Å². The highest BCUT2D eigenvalue weighted by Gasteiger charge is 2.27. The van der Waals surface area contributed by atoms with Gasteiger partial charge in [0.2, 0.25) is 5.95 Å². The van der Waals surface area contributed by atoms with Gasteiger partial charge >= 0.3 is 0 Å². The molecule has 4 rings (SSSR count). The summed E-state index contributed by atoms with van der Waals surface area (Å²) in [6.07, 6.45) is 0.929. The molecule has 1 saturated heterocycles. The monoisotopic (exact) mass is 532 g/mol. The van der Waals surface area contributed by atoms with E-state index in [1.165, 1.54) is 19.2 Å². The van der Waals surface area contributed by atoms with Gasteiger partial charge in [-0.15, -0.1) is 0 Å². The molecular formula is C27H31F3N4O2S. The fourth-order valence-corrected chi connectivity index (χ4v) is 5.44. The number of aromatic nitrogens is 1. The van der Waals surface area contributed by atoms with Crippen LogP contribution >= 0.6 is 11.9 Å². The van der Waals surface area contributed by atoms with Crippen molar-refractivity contribution in [1.29, 1.82) is 0 Å². The molecule has 2 aromatic carbocycles. The molecule has 1 aromatic heterocycles. The number of hydrogen-bond donors (Lipinski definition) is 0. The zero-order valence-electron chi connectivity index (χ0n) is 21.4. The first-order chi connectivity index (χ1) is 17.8. The fraction of sp³-hybridized carbons (Fsp3) is 0.370. The summed E-state index contributed by atoms with van der Waals surface area (Å²) in [6, 6.07) is 12.9. The Morgan fingerprint density at radius 2 is 1.84 bits per heavy atom. The zero-order chi connectivity index (χ0) is 26.5. The van der Waals surface area contributed by atoms with Gasteiger partial charge < -0.3 is 19.3 Å². The second-order valence-corrected chi connectivity index (χ2v) is 10.3. The van der Waals surface area contributed by atoms with E-state index in [0.29, 0.717) is 30.5 Å². The first-order valence-electron chi connectivity index (χ1n) is 12.0. The van der Waals surface area contributed by atoms with Crippen molar-refractivity contribution in [2.45, 2.75) is 17.9 Å². The van der Waals surface area contributed by atoms with Crippen LogP contribution in [0.5, 0.6) is 11.5 Å². The van der Waals surface area contributed by atoms with Crippen LogP contribution in [0.3, 0.4) is 0 Å². The molecule has 10 heteroatoms. The third-order valence-electron chi connectivity index (χ3n) is 6.25. The van der Waals surface area contributed by atoms with Gasteiger partial charge in [0.1, 0.15) is 17.3 Å². The minimum Gasteiger partial charge on any atom is -0.497 e. The topological polar surface area (TPSA) is 41.1 Å². The van der Waals surface area contributed by atoms with Gasteiger partial charge in [0.25, 0.3) is 0 Å². The van der Waals surface area contributed by atoms with Crippen LogP contribution in [0.15, 0.2) is 53.4 Å². The largest absolute Gasteiger partial charge is 0.497 e. The molecule has 0 bridgehead atoms. The first-order valence-corrected chi connectivity index (χ1v) is 12.7. The highest BCUT2D eigenvalue weighted by molar-refractivity contribution is 8.00. The average molecular weight is 533 g/mol. The minimum atomic E-state index is -0.943. The van der Waals surface area contributed by atoms with Gasteiger partial charge in [-0.1, -0.05) is 6.07 Å². The van der Waals surface area contributed by atoms with E-state index in [9.17, 15) is 4.39 Å². The van der Waals surface area contributed by atoms with Crippen molar-refractivity contribution in [2.24, 2.45) is 5.92 Å². The van der Waals surface area contributed by atoms with Crippen molar-refractivity contribution in [3.8, 4) is 11.5 Å². The van der Waals surface area contributed by atoms with Gasteiger partial charge in [0, 0.05) is 31.3 Å². The van der Waals surface area contributed by atoms with Gasteiger partial charge in [-0.2, -0.15) is 4.39 Å². The predicted octanol–water partition coefficient (Wildman–Crippen LogP) is 5.62. The van der Waals surface area contributed by atoms with Crippen LogP contribution in [0.1, 0.15) is 12.0 Å². The molecule has 0 amide bonds. The average Bonchev–Trinajstić information content (AvgIpc) is 3.33. The standard InChI is InChI=1S/C27H31F3N4O2S/c1-32(2)15-18-12-13-33(16-18)21-10-11-23(27(30)26(21)29)37-34(25-7-5-6-24(28)31-25)17-19-8-9-20(35-3)14-22(19)36-4/h5-11,14,18H,12-13,15-17H2,1-4H3. The van der Waals surface area contributed by atoms with Gasteiger partial charge in [0.05, 0.1) is 31.3 Å². The summed E-state index contributed by atoms with van der Waals surface area (Å²) in [4.78, 5) is 8.04. The number of anilines is 2. The number of methoxy groups -OCH3 is 2. The van der Waals surface area contributed by atoms with Crippen LogP contribution in [0, 0.1) is 23.5 Å². The Labute approximate surface area is 220 Å². The molecule has 1 aliphatic heterocycles. The molecule has 1 fully saturated rings. The van der Waals surface area contributed by atoms with Crippen molar-refractivity contribution in [3.05, 3.63) is 71.7 Å².